The van der Waals surface area contributed by atoms with E-state index in [0.717, 1.165) is 10.9 Å². The van der Waals surface area contributed by atoms with Gasteiger partial charge in [-0.15, -0.1) is 0 Å². The van der Waals surface area contributed by atoms with Crippen molar-refractivity contribution in [2.45, 2.75) is 6.92 Å². The van der Waals surface area contributed by atoms with Gasteiger partial charge in [0.15, 0.2) is 0 Å². The summed E-state index contributed by atoms with van der Waals surface area (Å²) in [5.74, 6) is -0.895. The molecule has 0 unspecified atom stereocenters. The van der Waals surface area contributed by atoms with E-state index in [9.17, 15) is 15.0 Å². The molecule has 0 atom stereocenters. The minimum Gasteiger partial charge on any atom is -0.507 e. The van der Waals surface area contributed by atoms with Gasteiger partial charge in [0, 0.05) is 21.9 Å². The van der Waals surface area contributed by atoms with E-state index in [-0.39, 0.29) is 11.3 Å². The molecular weight excluding hydrogens is 230 g/mol. The van der Waals surface area contributed by atoms with Crippen molar-refractivity contribution in [2.24, 2.45) is 0 Å². The molecule has 0 amide bonds. The Hall–Kier alpha value is -2.49. The molecule has 4 nitrogen and oxygen atoms in total. The molecule has 0 saturated heterocycles. The Bertz CT molecular complexity index is 786. The molecule has 3 rings (SSSR count). The summed E-state index contributed by atoms with van der Waals surface area (Å²) in [6.07, 6.45) is 0. The van der Waals surface area contributed by atoms with Crippen LogP contribution in [-0.2, 0) is 0 Å². The van der Waals surface area contributed by atoms with Gasteiger partial charge in [-0.3, -0.25) is 0 Å². The number of fused-ring (bicyclic) bond motifs is 3. The number of aromatic hydroxyl groups is 1. The van der Waals surface area contributed by atoms with Gasteiger partial charge in [-0.2, -0.15) is 0 Å². The standard InChI is InChI=1S/C14H11NO3/c1-7-12(14(17)18)10-6-11(16)8-4-2-3-5-9(8)13(10)15-7/h2-6,15-16H,1H3,(H,17,18). The number of aromatic nitrogens is 1. The quantitative estimate of drug-likeness (QED) is 0.613. The van der Waals surface area contributed by atoms with Crippen molar-refractivity contribution >= 4 is 27.6 Å². The summed E-state index contributed by atoms with van der Waals surface area (Å²) in [5.41, 5.74) is 1.55. The molecule has 1 heterocycles. The van der Waals surface area contributed by atoms with Crippen molar-refractivity contribution in [3.63, 3.8) is 0 Å². The highest BCUT2D eigenvalue weighted by Gasteiger charge is 2.17. The Morgan fingerprint density at radius 2 is 1.83 bits per heavy atom. The highest BCUT2D eigenvalue weighted by atomic mass is 16.4. The zero-order chi connectivity index (χ0) is 12.9. The number of H-pyrrole nitrogens is 1. The van der Waals surface area contributed by atoms with Crippen LogP contribution in [0.15, 0.2) is 30.3 Å². The van der Waals surface area contributed by atoms with Gasteiger partial charge in [-0.1, -0.05) is 24.3 Å². The van der Waals surface area contributed by atoms with Gasteiger partial charge in [0.1, 0.15) is 5.75 Å². The summed E-state index contributed by atoms with van der Waals surface area (Å²) in [5, 5.41) is 21.3. The first-order valence-electron chi connectivity index (χ1n) is 5.56. The zero-order valence-corrected chi connectivity index (χ0v) is 9.69. The molecule has 0 radical (unpaired) electrons. The lowest BCUT2D eigenvalue weighted by Crippen LogP contribution is -1.96. The van der Waals surface area contributed by atoms with E-state index in [0.29, 0.717) is 16.5 Å². The van der Waals surface area contributed by atoms with Crippen molar-refractivity contribution in [1.82, 2.24) is 4.98 Å². The second kappa shape index (κ2) is 3.50. The molecule has 0 saturated carbocycles. The zero-order valence-electron chi connectivity index (χ0n) is 9.69. The highest BCUT2D eigenvalue weighted by Crippen LogP contribution is 2.34. The number of carboxylic acids is 1. The molecule has 0 aliphatic rings. The maximum atomic E-state index is 11.2. The molecule has 2 aromatic carbocycles. The smallest absolute Gasteiger partial charge is 0.338 e. The lowest BCUT2D eigenvalue weighted by molar-refractivity contribution is 0.0698. The lowest BCUT2D eigenvalue weighted by Gasteiger charge is -2.02. The van der Waals surface area contributed by atoms with E-state index in [1.54, 1.807) is 13.0 Å². The van der Waals surface area contributed by atoms with E-state index in [2.05, 4.69) is 4.98 Å². The summed E-state index contributed by atoms with van der Waals surface area (Å²) < 4.78 is 0. The fraction of sp³-hybridized carbons (Fsp3) is 0.0714. The lowest BCUT2D eigenvalue weighted by atomic mass is 10.0. The van der Waals surface area contributed by atoms with Crippen LogP contribution in [0, 0.1) is 6.92 Å². The number of carboxylic acid groups (broad SMARTS) is 1. The summed E-state index contributed by atoms with van der Waals surface area (Å²) in [6, 6.07) is 8.86. The Morgan fingerprint density at radius 1 is 1.17 bits per heavy atom. The third kappa shape index (κ3) is 1.29. The van der Waals surface area contributed by atoms with Crippen molar-refractivity contribution in [1.29, 1.82) is 0 Å². The topological polar surface area (TPSA) is 73.3 Å². The predicted molar refractivity (Wildman–Crippen MR) is 69.2 cm³/mol. The summed E-state index contributed by atoms with van der Waals surface area (Å²) >= 11 is 0. The Labute approximate surface area is 102 Å². The third-order valence-corrected chi connectivity index (χ3v) is 3.19. The van der Waals surface area contributed by atoms with E-state index in [1.807, 2.05) is 18.2 Å². The first-order chi connectivity index (χ1) is 8.59. The first-order valence-corrected chi connectivity index (χ1v) is 5.56. The van der Waals surface area contributed by atoms with E-state index < -0.39 is 5.97 Å². The van der Waals surface area contributed by atoms with Crippen LogP contribution in [0.1, 0.15) is 16.1 Å². The molecule has 4 heteroatoms. The second-order valence-electron chi connectivity index (χ2n) is 4.29. The van der Waals surface area contributed by atoms with Gasteiger partial charge in [0.2, 0.25) is 0 Å². The number of nitrogens with one attached hydrogen (secondary N) is 1. The molecule has 0 bridgehead atoms. The van der Waals surface area contributed by atoms with Crippen molar-refractivity contribution < 1.29 is 15.0 Å². The number of aryl methyl sites for hydroxylation is 1. The largest absolute Gasteiger partial charge is 0.507 e. The fourth-order valence-electron chi connectivity index (χ4n) is 2.42. The third-order valence-electron chi connectivity index (χ3n) is 3.19. The van der Waals surface area contributed by atoms with Crippen LogP contribution in [0.3, 0.4) is 0 Å². The molecule has 3 aromatic rings. The van der Waals surface area contributed by atoms with Gasteiger partial charge in [0.25, 0.3) is 0 Å². The Kier molecular flexibility index (Phi) is 2.07. The van der Waals surface area contributed by atoms with E-state index >= 15 is 0 Å². The number of hydrogen-bond donors (Lipinski definition) is 3. The van der Waals surface area contributed by atoms with Crippen LogP contribution >= 0.6 is 0 Å². The van der Waals surface area contributed by atoms with Crippen molar-refractivity contribution in [3.8, 4) is 5.75 Å². The molecule has 0 aliphatic heterocycles. The van der Waals surface area contributed by atoms with Crippen LogP contribution in [0.2, 0.25) is 0 Å². The van der Waals surface area contributed by atoms with E-state index in [4.69, 9.17) is 0 Å². The summed E-state index contributed by atoms with van der Waals surface area (Å²) in [6.45, 7) is 1.72. The molecule has 0 aliphatic carbocycles. The number of hydrogen-bond acceptors (Lipinski definition) is 2. The van der Waals surface area contributed by atoms with Crippen LogP contribution in [0.25, 0.3) is 21.7 Å². The van der Waals surface area contributed by atoms with Crippen LogP contribution in [0.4, 0.5) is 0 Å². The van der Waals surface area contributed by atoms with E-state index in [1.165, 1.54) is 6.07 Å². The first kappa shape index (κ1) is 10.7. The minimum absolute atomic E-state index is 0.0969. The Balaban J connectivity index is 2.58. The number of benzene rings is 2. The second-order valence-corrected chi connectivity index (χ2v) is 4.29. The summed E-state index contributed by atoms with van der Waals surface area (Å²) in [4.78, 5) is 14.3. The van der Waals surface area contributed by atoms with Crippen molar-refractivity contribution in [2.75, 3.05) is 0 Å². The average molecular weight is 241 g/mol. The van der Waals surface area contributed by atoms with Crippen LogP contribution in [-0.4, -0.2) is 21.2 Å². The fourth-order valence-corrected chi connectivity index (χ4v) is 2.42. The molecule has 0 spiro atoms. The number of rotatable bonds is 1. The molecule has 0 fully saturated rings. The number of aromatic amines is 1. The monoisotopic (exact) mass is 241 g/mol. The van der Waals surface area contributed by atoms with Gasteiger partial charge < -0.3 is 15.2 Å². The summed E-state index contributed by atoms with van der Waals surface area (Å²) in [7, 11) is 0. The normalized spacial score (nSPS) is 11.2. The maximum absolute atomic E-state index is 11.2. The number of phenols is 1. The number of aromatic carboxylic acids is 1. The van der Waals surface area contributed by atoms with Crippen molar-refractivity contribution in [3.05, 3.63) is 41.6 Å². The number of carbonyl (C=O) groups is 1. The van der Waals surface area contributed by atoms with Gasteiger partial charge in [0.05, 0.1) is 11.1 Å². The van der Waals surface area contributed by atoms with Crippen LogP contribution < -0.4 is 0 Å². The van der Waals surface area contributed by atoms with Gasteiger partial charge in [-0.25, -0.2) is 4.79 Å². The highest BCUT2D eigenvalue weighted by molar-refractivity contribution is 6.15. The van der Waals surface area contributed by atoms with Gasteiger partial charge in [-0.05, 0) is 13.0 Å². The molecule has 90 valence electrons. The predicted octanol–water partition coefficient (Wildman–Crippen LogP) is 3.03. The molecule has 3 N–H and O–H groups in total. The Morgan fingerprint density at radius 3 is 2.50 bits per heavy atom. The van der Waals surface area contributed by atoms with Crippen LogP contribution in [0.5, 0.6) is 5.75 Å². The molecule has 18 heavy (non-hydrogen) atoms. The maximum Gasteiger partial charge on any atom is 0.338 e. The average Bonchev–Trinajstić information content (AvgIpc) is 2.66. The number of phenolic OH excluding ortho intramolecular Hbond substituents is 1. The molecular formula is C14H11NO3. The molecule has 1 aromatic heterocycles. The minimum atomic E-state index is -0.992. The SMILES string of the molecule is Cc1[nH]c2c(cc(O)c3ccccc32)c1C(=O)O. The van der Waals surface area contributed by atoms with Gasteiger partial charge >= 0.3 is 5.97 Å².